The van der Waals surface area contributed by atoms with Gasteiger partial charge in [0.15, 0.2) is 0 Å². The van der Waals surface area contributed by atoms with E-state index in [1.165, 1.54) is 0 Å². The Morgan fingerprint density at radius 1 is 1.46 bits per heavy atom. The summed E-state index contributed by atoms with van der Waals surface area (Å²) < 4.78 is 0. The summed E-state index contributed by atoms with van der Waals surface area (Å²) in [5, 5.41) is 20.7. The fraction of sp³-hybridized carbons (Fsp3) is 0.889. The van der Waals surface area contributed by atoms with E-state index < -0.39 is 18.1 Å². The number of aliphatic carboxylic acids is 1. The molecule has 0 heterocycles. The van der Waals surface area contributed by atoms with Crippen LogP contribution in [0, 0.1) is 0 Å². The van der Waals surface area contributed by atoms with Gasteiger partial charge in [0.05, 0.1) is 6.10 Å². The van der Waals surface area contributed by atoms with E-state index in [1.807, 2.05) is 13.8 Å². The first-order chi connectivity index (χ1) is 5.97. The van der Waals surface area contributed by atoms with Gasteiger partial charge in [0.25, 0.3) is 0 Å². The van der Waals surface area contributed by atoms with Gasteiger partial charge in [0.2, 0.25) is 0 Å². The lowest BCUT2D eigenvalue weighted by Crippen LogP contribution is -2.42. The van der Waals surface area contributed by atoms with Gasteiger partial charge in [-0.25, -0.2) is 0 Å². The predicted octanol–water partition coefficient (Wildman–Crippen LogP) is 0.599. The minimum Gasteiger partial charge on any atom is -0.480 e. The second-order valence-corrected chi connectivity index (χ2v) is 3.45. The average Bonchev–Trinajstić information content (AvgIpc) is 1.98. The van der Waals surface area contributed by atoms with Crippen molar-refractivity contribution >= 4 is 5.97 Å². The third kappa shape index (κ3) is 5.60. The number of aliphatic hydroxyl groups is 1. The summed E-state index contributed by atoms with van der Waals surface area (Å²) >= 11 is 0. The highest BCUT2D eigenvalue weighted by molar-refractivity contribution is 5.73. The van der Waals surface area contributed by atoms with Crippen LogP contribution >= 0.6 is 0 Å². The van der Waals surface area contributed by atoms with Gasteiger partial charge in [-0.3, -0.25) is 4.79 Å². The molecule has 0 aliphatic heterocycles. The van der Waals surface area contributed by atoms with Crippen LogP contribution < -0.4 is 5.32 Å². The summed E-state index contributed by atoms with van der Waals surface area (Å²) in [6.45, 7) is 5.39. The number of hydrogen-bond acceptors (Lipinski definition) is 3. The molecule has 0 aromatic heterocycles. The van der Waals surface area contributed by atoms with Crippen molar-refractivity contribution in [2.24, 2.45) is 0 Å². The van der Waals surface area contributed by atoms with Crippen molar-refractivity contribution in [3.05, 3.63) is 0 Å². The van der Waals surface area contributed by atoms with Crippen molar-refractivity contribution in [1.29, 1.82) is 0 Å². The van der Waals surface area contributed by atoms with Gasteiger partial charge in [-0.1, -0.05) is 6.92 Å². The Labute approximate surface area is 79.0 Å². The summed E-state index contributed by atoms with van der Waals surface area (Å²) in [5.41, 5.74) is 0. The van der Waals surface area contributed by atoms with E-state index in [4.69, 9.17) is 10.2 Å². The van der Waals surface area contributed by atoms with E-state index >= 15 is 0 Å². The predicted molar refractivity (Wildman–Crippen MR) is 50.6 cm³/mol. The Morgan fingerprint density at radius 3 is 2.31 bits per heavy atom. The Bertz CT molecular complexity index is 159. The molecular weight excluding hydrogens is 170 g/mol. The molecule has 0 rings (SSSR count). The highest BCUT2D eigenvalue weighted by Gasteiger charge is 2.17. The molecule has 0 aliphatic rings. The van der Waals surface area contributed by atoms with E-state index in [0.717, 1.165) is 0 Å². The molecule has 0 fully saturated rings. The fourth-order valence-electron chi connectivity index (χ4n) is 1.29. The average molecular weight is 189 g/mol. The number of carboxylic acids is 1. The lowest BCUT2D eigenvalue weighted by Gasteiger charge is -2.19. The van der Waals surface area contributed by atoms with Crippen LogP contribution in [0.15, 0.2) is 0 Å². The zero-order valence-electron chi connectivity index (χ0n) is 8.45. The van der Waals surface area contributed by atoms with Gasteiger partial charge >= 0.3 is 5.97 Å². The third-order valence-corrected chi connectivity index (χ3v) is 1.89. The second kappa shape index (κ2) is 5.94. The Kier molecular flexibility index (Phi) is 5.66. The highest BCUT2D eigenvalue weighted by atomic mass is 16.4. The summed E-state index contributed by atoms with van der Waals surface area (Å²) in [6, 6.07) is -0.477. The minimum atomic E-state index is -0.833. The summed E-state index contributed by atoms with van der Waals surface area (Å²) in [5.74, 6) is -0.833. The SMILES string of the molecule is CCC(NC(C)CC(C)O)C(=O)O. The summed E-state index contributed by atoms with van der Waals surface area (Å²) in [4.78, 5) is 10.6. The second-order valence-electron chi connectivity index (χ2n) is 3.45. The van der Waals surface area contributed by atoms with Gasteiger partial charge in [-0.15, -0.1) is 0 Å². The first-order valence-electron chi connectivity index (χ1n) is 4.64. The molecule has 0 aliphatic carbocycles. The molecule has 0 saturated heterocycles. The van der Waals surface area contributed by atoms with Crippen molar-refractivity contribution in [3.8, 4) is 0 Å². The number of rotatable bonds is 6. The third-order valence-electron chi connectivity index (χ3n) is 1.89. The molecule has 4 heteroatoms. The topological polar surface area (TPSA) is 69.6 Å². The molecular formula is C9H19NO3. The van der Waals surface area contributed by atoms with Gasteiger partial charge in [0, 0.05) is 6.04 Å². The molecule has 3 atom stereocenters. The number of carboxylic acid groups (broad SMARTS) is 1. The summed E-state index contributed by atoms with van der Waals surface area (Å²) in [7, 11) is 0. The van der Waals surface area contributed by atoms with Gasteiger partial charge in [-0.05, 0) is 26.7 Å². The zero-order valence-corrected chi connectivity index (χ0v) is 8.45. The van der Waals surface area contributed by atoms with E-state index in [2.05, 4.69) is 5.32 Å². The fourth-order valence-corrected chi connectivity index (χ4v) is 1.29. The maximum atomic E-state index is 10.6. The van der Waals surface area contributed by atoms with Crippen molar-refractivity contribution in [2.45, 2.75) is 51.8 Å². The molecule has 3 N–H and O–H groups in total. The van der Waals surface area contributed by atoms with Gasteiger partial charge in [0.1, 0.15) is 6.04 Å². The van der Waals surface area contributed by atoms with E-state index in [1.54, 1.807) is 6.92 Å². The largest absolute Gasteiger partial charge is 0.480 e. The monoisotopic (exact) mass is 189 g/mol. The Hall–Kier alpha value is -0.610. The van der Waals surface area contributed by atoms with Crippen LogP contribution in [0.3, 0.4) is 0 Å². The van der Waals surface area contributed by atoms with Crippen LogP contribution in [-0.4, -0.2) is 34.4 Å². The van der Waals surface area contributed by atoms with E-state index in [0.29, 0.717) is 12.8 Å². The van der Waals surface area contributed by atoms with Crippen molar-refractivity contribution in [2.75, 3.05) is 0 Å². The molecule has 4 nitrogen and oxygen atoms in total. The van der Waals surface area contributed by atoms with Crippen LogP contribution in [0.1, 0.15) is 33.6 Å². The molecule has 0 aromatic carbocycles. The molecule has 0 bridgehead atoms. The number of aliphatic hydroxyl groups excluding tert-OH is 1. The van der Waals surface area contributed by atoms with Gasteiger partial charge in [-0.2, -0.15) is 0 Å². The zero-order chi connectivity index (χ0) is 10.4. The normalized spacial score (nSPS) is 17.8. The standard InChI is InChI=1S/C9H19NO3/c1-4-8(9(12)13)10-6(2)5-7(3)11/h6-8,10-11H,4-5H2,1-3H3,(H,12,13). The highest BCUT2D eigenvalue weighted by Crippen LogP contribution is 2.00. The molecule has 0 radical (unpaired) electrons. The Morgan fingerprint density at radius 2 is 2.00 bits per heavy atom. The van der Waals surface area contributed by atoms with Crippen molar-refractivity contribution in [3.63, 3.8) is 0 Å². The minimum absolute atomic E-state index is 0.0287. The molecule has 13 heavy (non-hydrogen) atoms. The molecule has 78 valence electrons. The van der Waals surface area contributed by atoms with Crippen LogP contribution in [0.25, 0.3) is 0 Å². The molecule has 0 saturated carbocycles. The maximum Gasteiger partial charge on any atom is 0.320 e. The van der Waals surface area contributed by atoms with Crippen molar-refractivity contribution in [1.82, 2.24) is 5.32 Å². The smallest absolute Gasteiger partial charge is 0.320 e. The number of hydrogen-bond donors (Lipinski definition) is 3. The summed E-state index contributed by atoms with van der Waals surface area (Å²) in [6.07, 6.45) is 0.734. The first-order valence-corrected chi connectivity index (χ1v) is 4.64. The Balaban J connectivity index is 3.86. The molecule has 0 aromatic rings. The van der Waals surface area contributed by atoms with E-state index in [-0.39, 0.29) is 6.04 Å². The van der Waals surface area contributed by atoms with Crippen LogP contribution in [0.5, 0.6) is 0 Å². The van der Waals surface area contributed by atoms with Gasteiger partial charge < -0.3 is 15.5 Å². The first kappa shape index (κ1) is 12.4. The lowest BCUT2D eigenvalue weighted by molar-refractivity contribution is -0.139. The maximum absolute atomic E-state index is 10.6. The molecule has 0 spiro atoms. The van der Waals surface area contributed by atoms with Crippen LogP contribution in [-0.2, 0) is 4.79 Å². The van der Waals surface area contributed by atoms with Crippen LogP contribution in [0.4, 0.5) is 0 Å². The molecule has 3 unspecified atom stereocenters. The molecule has 0 amide bonds. The number of nitrogens with one attached hydrogen (secondary N) is 1. The van der Waals surface area contributed by atoms with Crippen molar-refractivity contribution < 1.29 is 15.0 Å². The lowest BCUT2D eigenvalue weighted by atomic mass is 10.1. The van der Waals surface area contributed by atoms with Crippen LogP contribution in [0.2, 0.25) is 0 Å². The van der Waals surface area contributed by atoms with E-state index in [9.17, 15) is 4.79 Å². The number of carbonyl (C=O) groups is 1. The quantitative estimate of drug-likeness (QED) is 0.572.